The van der Waals surface area contributed by atoms with Crippen LogP contribution in [0, 0.1) is 12.3 Å². The third kappa shape index (κ3) is 1.11. The average Bonchev–Trinajstić information content (AvgIpc) is 2.68. The van der Waals surface area contributed by atoms with E-state index in [1.54, 1.807) is 24.3 Å². The third-order valence-corrected chi connectivity index (χ3v) is 2.57. The van der Waals surface area contributed by atoms with E-state index in [0.29, 0.717) is 11.1 Å². The van der Waals surface area contributed by atoms with Gasteiger partial charge in [-0.15, -0.1) is 6.42 Å². The number of terminal acetylenes is 1. The molecule has 2 N–H and O–H groups in total. The van der Waals surface area contributed by atoms with Crippen LogP contribution < -0.4 is 5.73 Å². The molecule has 1 aromatic carbocycles. The van der Waals surface area contributed by atoms with Gasteiger partial charge in [0.1, 0.15) is 5.54 Å². The lowest BCUT2D eigenvalue weighted by Crippen LogP contribution is -2.27. The number of nitrogens with two attached hydrogens (primary N) is 1. The van der Waals surface area contributed by atoms with Crippen molar-refractivity contribution in [1.82, 2.24) is 0 Å². The minimum atomic E-state index is -2.79. The van der Waals surface area contributed by atoms with Gasteiger partial charge in [-0.2, -0.15) is 0 Å². The first kappa shape index (κ1) is 9.17. The van der Waals surface area contributed by atoms with E-state index in [2.05, 4.69) is 5.92 Å². The van der Waals surface area contributed by atoms with Gasteiger partial charge in [0, 0.05) is 12.0 Å². The highest BCUT2D eigenvalue weighted by Crippen LogP contribution is 2.57. The quantitative estimate of drug-likeness (QED) is 0.677. The summed E-state index contributed by atoms with van der Waals surface area (Å²) in [4.78, 5) is 0. The van der Waals surface area contributed by atoms with E-state index in [0.717, 1.165) is 0 Å². The second-order valence-corrected chi connectivity index (χ2v) is 3.58. The number of benzene rings is 1. The van der Waals surface area contributed by atoms with Crippen LogP contribution in [-0.2, 0) is 5.54 Å². The lowest BCUT2D eigenvalue weighted by Gasteiger charge is -2.10. The lowest BCUT2D eigenvalue weighted by atomic mass is 10.0. The summed E-state index contributed by atoms with van der Waals surface area (Å²) in [5.41, 5.74) is 5.04. The Labute approximate surface area is 80.9 Å². The van der Waals surface area contributed by atoms with Gasteiger partial charge in [-0.1, -0.05) is 18.1 Å². The zero-order chi connectivity index (χ0) is 10.4. The van der Waals surface area contributed by atoms with Crippen LogP contribution in [0.25, 0.3) is 0 Å². The van der Waals surface area contributed by atoms with E-state index in [4.69, 9.17) is 12.2 Å². The maximum Gasteiger partial charge on any atom is 0.272 e. The summed E-state index contributed by atoms with van der Waals surface area (Å²) in [6, 6.07) is 6.46. The largest absolute Gasteiger partial charge is 0.316 e. The highest BCUT2D eigenvalue weighted by Gasteiger charge is 2.69. The molecule has 3 heteroatoms. The summed E-state index contributed by atoms with van der Waals surface area (Å²) in [5.74, 6) is -0.397. The van der Waals surface area contributed by atoms with E-state index in [1.807, 2.05) is 0 Å². The molecule has 0 radical (unpaired) electrons. The predicted octanol–water partition coefficient (Wildman–Crippen LogP) is 1.86. The van der Waals surface area contributed by atoms with Crippen LogP contribution in [0.3, 0.4) is 0 Å². The van der Waals surface area contributed by atoms with E-state index in [9.17, 15) is 8.78 Å². The monoisotopic (exact) mass is 193 g/mol. The van der Waals surface area contributed by atoms with Gasteiger partial charge in [-0.25, -0.2) is 8.78 Å². The summed E-state index contributed by atoms with van der Waals surface area (Å²) in [5, 5.41) is 0. The van der Waals surface area contributed by atoms with E-state index < -0.39 is 11.5 Å². The summed E-state index contributed by atoms with van der Waals surface area (Å²) in [6.45, 7) is 0. The maximum absolute atomic E-state index is 12.9. The standard InChI is InChI=1S/C11H9F2N/c1-2-8-4-3-5-9(6-8)10(14)7-11(10,12)13/h1,3-6H,7,14H2. The third-order valence-electron chi connectivity index (χ3n) is 2.57. The molecule has 0 bridgehead atoms. The maximum atomic E-state index is 12.9. The molecule has 0 heterocycles. The zero-order valence-corrected chi connectivity index (χ0v) is 7.43. The molecule has 1 aliphatic carbocycles. The van der Waals surface area contributed by atoms with Crippen LogP contribution in [-0.4, -0.2) is 5.92 Å². The molecule has 0 saturated heterocycles. The first-order valence-corrected chi connectivity index (χ1v) is 4.23. The summed E-state index contributed by atoms with van der Waals surface area (Å²) < 4.78 is 25.9. The molecule has 1 nitrogen and oxygen atoms in total. The van der Waals surface area contributed by atoms with Crippen molar-refractivity contribution in [3.8, 4) is 12.3 Å². The minimum absolute atomic E-state index is 0.298. The van der Waals surface area contributed by atoms with Crippen LogP contribution >= 0.6 is 0 Å². The van der Waals surface area contributed by atoms with Crippen LogP contribution in [0.2, 0.25) is 0 Å². The van der Waals surface area contributed by atoms with Gasteiger partial charge in [0.2, 0.25) is 0 Å². The van der Waals surface area contributed by atoms with Gasteiger partial charge in [-0.05, 0) is 17.7 Å². The first-order chi connectivity index (χ1) is 6.49. The van der Waals surface area contributed by atoms with Crippen LogP contribution in [0.1, 0.15) is 17.5 Å². The Morgan fingerprint density at radius 3 is 2.57 bits per heavy atom. The molecule has 0 spiro atoms. The smallest absolute Gasteiger partial charge is 0.272 e. The van der Waals surface area contributed by atoms with Gasteiger partial charge in [0.15, 0.2) is 0 Å². The normalized spacial score (nSPS) is 28.1. The molecule has 1 aliphatic rings. The highest BCUT2D eigenvalue weighted by atomic mass is 19.3. The van der Waals surface area contributed by atoms with Crippen molar-refractivity contribution in [2.24, 2.45) is 5.73 Å². The number of rotatable bonds is 1. The number of halogens is 2. The molecule has 1 saturated carbocycles. The Balaban J connectivity index is 2.41. The molecule has 1 unspecified atom stereocenters. The summed E-state index contributed by atoms with van der Waals surface area (Å²) >= 11 is 0. The number of alkyl halides is 2. The fourth-order valence-electron chi connectivity index (χ4n) is 1.51. The molecule has 0 aliphatic heterocycles. The number of hydrogen-bond donors (Lipinski definition) is 1. The van der Waals surface area contributed by atoms with Crippen molar-refractivity contribution < 1.29 is 8.78 Å². The zero-order valence-electron chi connectivity index (χ0n) is 7.43. The van der Waals surface area contributed by atoms with Crippen LogP contribution in [0.15, 0.2) is 24.3 Å². The van der Waals surface area contributed by atoms with Gasteiger partial charge in [-0.3, -0.25) is 0 Å². The molecule has 1 aromatic rings. The first-order valence-electron chi connectivity index (χ1n) is 4.23. The SMILES string of the molecule is C#Cc1cccc(C2(N)CC2(F)F)c1. The molecule has 1 atom stereocenters. The fraction of sp³-hybridized carbons (Fsp3) is 0.273. The minimum Gasteiger partial charge on any atom is -0.316 e. The van der Waals surface area contributed by atoms with Crippen molar-refractivity contribution in [1.29, 1.82) is 0 Å². The summed E-state index contributed by atoms with van der Waals surface area (Å²) in [6.07, 6.45) is 4.87. The van der Waals surface area contributed by atoms with Crippen LogP contribution in [0.5, 0.6) is 0 Å². The summed E-state index contributed by atoms with van der Waals surface area (Å²) in [7, 11) is 0. The molecular weight excluding hydrogens is 184 g/mol. The average molecular weight is 193 g/mol. The van der Waals surface area contributed by atoms with Gasteiger partial charge in [0.05, 0.1) is 0 Å². The second kappa shape index (κ2) is 2.55. The Bertz CT molecular complexity index is 420. The van der Waals surface area contributed by atoms with Crippen molar-refractivity contribution in [2.45, 2.75) is 17.9 Å². The van der Waals surface area contributed by atoms with E-state index in [-0.39, 0.29) is 6.42 Å². The molecule has 0 aromatic heterocycles. The Kier molecular flexibility index (Phi) is 1.67. The Hall–Kier alpha value is -1.40. The molecule has 1 fully saturated rings. The second-order valence-electron chi connectivity index (χ2n) is 3.58. The van der Waals surface area contributed by atoms with E-state index >= 15 is 0 Å². The highest BCUT2D eigenvalue weighted by molar-refractivity contribution is 5.42. The van der Waals surface area contributed by atoms with Crippen molar-refractivity contribution in [3.63, 3.8) is 0 Å². The topological polar surface area (TPSA) is 26.0 Å². The van der Waals surface area contributed by atoms with Gasteiger partial charge < -0.3 is 5.73 Å². The van der Waals surface area contributed by atoms with Crippen LogP contribution in [0.4, 0.5) is 8.78 Å². The molecule has 14 heavy (non-hydrogen) atoms. The molecule has 0 amide bonds. The van der Waals surface area contributed by atoms with Crippen molar-refractivity contribution in [3.05, 3.63) is 35.4 Å². The molecule has 72 valence electrons. The predicted molar refractivity (Wildman–Crippen MR) is 49.8 cm³/mol. The van der Waals surface area contributed by atoms with E-state index in [1.165, 1.54) is 0 Å². The van der Waals surface area contributed by atoms with Crippen molar-refractivity contribution in [2.75, 3.05) is 0 Å². The van der Waals surface area contributed by atoms with Gasteiger partial charge >= 0.3 is 0 Å². The number of hydrogen-bond acceptors (Lipinski definition) is 1. The lowest BCUT2D eigenvalue weighted by molar-refractivity contribution is 0.0891. The Morgan fingerprint density at radius 2 is 2.07 bits per heavy atom. The molecule has 2 rings (SSSR count). The Morgan fingerprint density at radius 1 is 1.43 bits per heavy atom. The fourth-order valence-corrected chi connectivity index (χ4v) is 1.51. The van der Waals surface area contributed by atoms with Crippen molar-refractivity contribution >= 4 is 0 Å². The van der Waals surface area contributed by atoms with Gasteiger partial charge in [0.25, 0.3) is 5.92 Å². The molecular formula is C11H9F2N.